The predicted octanol–water partition coefficient (Wildman–Crippen LogP) is 1.10. The van der Waals surface area contributed by atoms with Gasteiger partial charge in [-0.05, 0) is 32.6 Å². The lowest BCUT2D eigenvalue weighted by atomic mass is 9.89. The van der Waals surface area contributed by atoms with Crippen molar-refractivity contribution in [2.24, 2.45) is 0 Å². The number of nitrogens with one attached hydrogen (secondary N) is 1. The van der Waals surface area contributed by atoms with Crippen LogP contribution >= 0.6 is 0 Å². The van der Waals surface area contributed by atoms with Gasteiger partial charge >= 0.3 is 0 Å². The molecule has 0 radical (unpaired) electrons. The monoisotopic (exact) mass is 293 g/mol. The lowest BCUT2D eigenvalue weighted by molar-refractivity contribution is -0.118. The van der Waals surface area contributed by atoms with E-state index in [1.165, 1.54) is 6.92 Å². The van der Waals surface area contributed by atoms with Crippen LogP contribution in [0.15, 0.2) is 11.3 Å². The SMILES string of the molecule is C/C(O)=C(\C#N)C(=O)NC1CCC(N2CCOCC2)CC1. The van der Waals surface area contributed by atoms with Gasteiger partial charge in [0, 0.05) is 25.2 Å². The average molecular weight is 293 g/mol. The molecule has 0 atom stereocenters. The summed E-state index contributed by atoms with van der Waals surface area (Å²) in [7, 11) is 0. The van der Waals surface area contributed by atoms with E-state index in [1.54, 1.807) is 6.07 Å². The Balaban J connectivity index is 1.80. The number of ether oxygens (including phenoxy) is 1. The molecule has 21 heavy (non-hydrogen) atoms. The second-order valence-electron chi connectivity index (χ2n) is 5.70. The molecule has 1 aliphatic heterocycles. The van der Waals surface area contributed by atoms with Gasteiger partial charge < -0.3 is 15.2 Å². The number of aliphatic hydroxyl groups excluding tert-OH is 1. The Hall–Kier alpha value is -1.58. The topological polar surface area (TPSA) is 85.6 Å². The van der Waals surface area contributed by atoms with E-state index in [2.05, 4.69) is 10.2 Å². The molecule has 2 fully saturated rings. The van der Waals surface area contributed by atoms with Crippen molar-refractivity contribution in [1.29, 1.82) is 5.26 Å². The van der Waals surface area contributed by atoms with E-state index in [-0.39, 0.29) is 17.4 Å². The van der Waals surface area contributed by atoms with Crippen molar-refractivity contribution in [2.75, 3.05) is 26.3 Å². The quantitative estimate of drug-likeness (QED) is 0.462. The van der Waals surface area contributed by atoms with Crippen molar-refractivity contribution in [2.45, 2.75) is 44.7 Å². The highest BCUT2D eigenvalue weighted by molar-refractivity contribution is 5.97. The number of amides is 1. The summed E-state index contributed by atoms with van der Waals surface area (Å²) >= 11 is 0. The molecular weight excluding hydrogens is 270 g/mol. The molecule has 1 heterocycles. The number of morpholine rings is 1. The first-order chi connectivity index (χ1) is 10.1. The van der Waals surface area contributed by atoms with E-state index >= 15 is 0 Å². The van der Waals surface area contributed by atoms with Gasteiger partial charge in [-0.15, -0.1) is 0 Å². The highest BCUT2D eigenvalue weighted by Crippen LogP contribution is 2.24. The maximum atomic E-state index is 11.9. The number of allylic oxidation sites excluding steroid dienone is 1. The summed E-state index contributed by atoms with van der Waals surface area (Å²) in [4.78, 5) is 14.4. The zero-order chi connectivity index (χ0) is 15.2. The molecule has 2 N–H and O–H groups in total. The third-order valence-electron chi connectivity index (χ3n) is 4.29. The summed E-state index contributed by atoms with van der Waals surface area (Å²) in [6, 6.07) is 2.42. The molecule has 0 aromatic rings. The smallest absolute Gasteiger partial charge is 0.265 e. The van der Waals surface area contributed by atoms with Gasteiger partial charge in [0.15, 0.2) is 5.57 Å². The number of hydrogen-bond donors (Lipinski definition) is 2. The highest BCUT2D eigenvalue weighted by atomic mass is 16.5. The molecule has 1 saturated heterocycles. The van der Waals surface area contributed by atoms with E-state index in [0.29, 0.717) is 6.04 Å². The molecule has 2 aliphatic rings. The second-order valence-corrected chi connectivity index (χ2v) is 5.70. The van der Waals surface area contributed by atoms with Crippen LogP contribution in [0, 0.1) is 11.3 Å². The fourth-order valence-corrected chi connectivity index (χ4v) is 3.08. The molecule has 1 aliphatic carbocycles. The summed E-state index contributed by atoms with van der Waals surface area (Å²) in [5.41, 5.74) is -0.190. The summed E-state index contributed by atoms with van der Waals surface area (Å²) in [6.07, 6.45) is 3.93. The van der Waals surface area contributed by atoms with Crippen LogP contribution in [-0.4, -0.2) is 54.3 Å². The van der Waals surface area contributed by atoms with Gasteiger partial charge in [0.05, 0.1) is 13.2 Å². The first-order valence-electron chi connectivity index (χ1n) is 7.54. The molecule has 0 unspecified atom stereocenters. The third kappa shape index (κ3) is 4.19. The summed E-state index contributed by atoms with van der Waals surface area (Å²) in [6.45, 7) is 4.96. The molecule has 116 valence electrons. The van der Waals surface area contributed by atoms with Crippen molar-refractivity contribution in [3.8, 4) is 6.07 Å². The van der Waals surface area contributed by atoms with Crippen molar-refractivity contribution in [3.63, 3.8) is 0 Å². The zero-order valence-electron chi connectivity index (χ0n) is 12.5. The normalized spacial score (nSPS) is 28.4. The van der Waals surface area contributed by atoms with Gasteiger partial charge in [0.2, 0.25) is 0 Å². The van der Waals surface area contributed by atoms with Crippen LogP contribution in [0.2, 0.25) is 0 Å². The fourth-order valence-electron chi connectivity index (χ4n) is 3.08. The number of hydrogen-bond acceptors (Lipinski definition) is 5. The van der Waals surface area contributed by atoms with Crippen LogP contribution in [0.25, 0.3) is 0 Å². The van der Waals surface area contributed by atoms with E-state index < -0.39 is 5.91 Å². The minimum Gasteiger partial charge on any atom is -0.511 e. The van der Waals surface area contributed by atoms with Crippen LogP contribution in [-0.2, 0) is 9.53 Å². The molecular formula is C15H23N3O3. The Kier molecular flexibility index (Phi) is 5.59. The van der Waals surface area contributed by atoms with Gasteiger partial charge in [0.1, 0.15) is 11.8 Å². The van der Waals surface area contributed by atoms with Gasteiger partial charge in [-0.3, -0.25) is 9.69 Å². The largest absolute Gasteiger partial charge is 0.511 e. The van der Waals surface area contributed by atoms with Crippen molar-refractivity contribution >= 4 is 5.91 Å². The number of rotatable bonds is 3. The van der Waals surface area contributed by atoms with Crippen LogP contribution in [0.1, 0.15) is 32.6 Å². The van der Waals surface area contributed by atoms with Crippen LogP contribution in [0.4, 0.5) is 0 Å². The highest BCUT2D eigenvalue weighted by Gasteiger charge is 2.28. The molecule has 1 saturated carbocycles. The first kappa shape index (κ1) is 15.8. The lowest BCUT2D eigenvalue weighted by Crippen LogP contribution is -2.47. The molecule has 2 rings (SSSR count). The Bertz CT molecular complexity index is 438. The second kappa shape index (κ2) is 7.43. The van der Waals surface area contributed by atoms with Gasteiger partial charge in [-0.2, -0.15) is 5.26 Å². The molecule has 6 heteroatoms. The summed E-state index contributed by atoms with van der Waals surface area (Å²) in [5, 5.41) is 21.0. The molecule has 0 aromatic heterocycles. The van der Waals surface area contributed by atoms with E-state index in [4.69, 9.17) is 10.00 Å². The standard InChI is InChI=1S/C15H23N3O3/c1-11(19)14(10-16)15(20)17-12-2-4-13(5-3-12)18-6-8-21-9-7-18/h12-13,19H,2-9H2,1H3,(H,17,20)/b14-11-. The van der Waals surface area contributed by atoms with Gasteiger partial charge in [0.25, 0.3) is 5.91 Å². The van der Waals surface area contributed by atoms with E-state index in [1.807, 2.05) is 0 Å². The van der Waals surface area contributed by atoms with E-state index in [0.717, 1.165) is 52.0 Å². The first-order valence-corrected chi connectivity index (χ1v) is 7.54. The minimum atomic E-state index is -0.465. The number of nitriles is 1. The minimum absolute atomic E-state index is 0.0949. The fraction of sp³-hybridized carbons (Fsp3) is 0.733. The summed E-state index contributed by atoms with van der Waals surface area (Å²) < 4.78 is 5.37. The molecule has 0 aromatic carbocycles. The molecule has 0 spiro atoms. The van der Waals surface area contributed by atoms with E-state index in [9.17, 15) is 9.90 Å². The van der Waals surface area contributed by atoms with Crippen LogP contribution in [0.3, 0.4) is 0 Å². The summed E-state index contributed by atoms with van der Waals surface area (Å²) in [5.74, 6) is -0.690. The Labute approximate surface area is 125 Å². The van der Waals surface area contributed by atoms with Gasteiger partial charge in [-0.25, -0.2) is 0 Å². The number of carbonyl (C=O) groups is 1. The van der Waals surface area contributed by atoms with Crippen molar-refractivity contribution in [1.82, 2.24) is 10.2 Å². The third-order valence-corrected chi connectivity index (χ3v) is 4.29. The predicted molar refractivity (Wildman–Crippen MR) is 77.5 cm³/mol. The Morgan fingerprint density at radius 3 is 2.43 bits per heavy atom. The van der Waals surface area contributed by atoms with Gasteiger partial charge in [-0.1, -0.05) is 0 Å². The Morgan fingerprint density at radius 1 is 1.29 bits per heavy atom. The van der Waals surface area contributed by atoms with Crippen LogP contribution < -0.4 is 5.32 Å². The number of aliphatic hydroxyl groups is 1. The molecule has 6 nitrogen and oxygen atoms in total. The molecule has 1 amide bonds. The number of carbonyl (C=O) groups excluding carboxylic acids is 1. The zero-order valence-corrected chi connectivity index (χ0v) is 12.5. The maximum absolute atomic E-state index is 11.9. The average Bonchev–Trinajstić information content (AvgIpc) is 2.49. The van der Waals surface area contributed by atoms with Crippen LogP contribution in [0.5, 0.6) is 0 Å². The molecule has 0 bridgehead atoms. The Morgan fingerprint density at radius 2 is 1.90 bits per heavy atom. The lowest BCUT2D eigenvalue weighted by Gasteiger charge is -2.38. The maximum Gasteiger partial charge on any atom is 0.265 e. The van der Waals surface area contributed by atoms with Crippen molar-refractivity contribution in [3.05, 3.63) is 11.3 Å². The number of nitrogens with zero attached hydrogens (tertiary/aromatic N) is 2. The van der Waals surface area contributed by atoms with Crippen molar-refractivity contribution < 1.29 is 14.6 Å².